The van der Waals surface area contributed by atoms with Crippen LogP contribution in [0.1, 0.15) is 31.7 Å². The van der Waals surface area contributed by atoms with Crippen molar-refractivity contribution in [1.29, 1.82) is 0 Å². The topological polar surface area (TPSA) is 76.4 Å². The molecule has 1 aliphatic heterocycles. The van der Waals surface area contributed by atoms with Crippen molar-refractivity contribution in [2.75, 3.05) is 31.1 Å². The van der Waals surface area contributed by atoms with E-state index in [0.717, 1.165) is 34.5 Å². The van der Waals surface area contributed by atoms with Gasteiger partial charge < -0.3 is 14.5 Å². The molecule has 1 saturated heterocycles. The fourth-order valence-electron chi connectivity index (χ4n) is 4.18. The first-order chi connectivity index (χ1) is 16.0. The molecular formula is C25H30N6O2. The van der Waals surface area contributed by atoms with Crippen LogP contribution in [0.3, 0.4) is 0 Å². The molecule has 0 aliphatic carbocycles. The second-order valence-electron chi connectivity index (χ2n) is 8.04. The lowest BCUT2D eigenvalue weighted by Crippen LogP contribution is -2.55. The number of nitrogens with zero attached hydrogens (tertiary/aromatic N) is 6. The number of amides is 1. The van der Waals surface area contributed by atoms with Gasteiger partial charge in [0.2, 0.25) is 5.91 Å². The highest BCUT2D eigenvalue weighted by molar-refractivity contribution is 5.92. The summed E-state index contributed by atoms with van der Waals surface area (Å²) >= 11 is 0. The minimum absolute atomic E-state index is 0.0206. The molecule has 0 saturated carbocycles. The van der Waals surface area contributed by atoms with E-state index in [1.54, 1.807) is 10.9 Å². The number of aromatic nitrogens is 4. The molecule has 1 aromatic carbocycles. The van der Waals surface area contributed by atoms with Crippen LogP contribution < -0.4 is 9.64 Å². The van der Waals surface area contributed by atoms with E-state index in [0.29, 0.717) is 32.1 Å². The van der Waals surface area contributed by atoms with E-state index in [2.05, 4.69) is 23.5 Å². The van der Waals surface area contributed by atoms with E-state index < -0.39 is 0 Å². The molecule has 172 valence electrons. The highest BCUT2D eigenvalue weighted by Gasteiger charge is 2.29. The van der Waals surface area contributed by atoms with Crippen LogP contribution in [0.2, 0.25) is 0 Å². The number of piperazine rings is 1. The number of ether oxygens (including phenoxy) is 1. The fourth-order valence-corrected chi connectivity index (χ4v) is 4.18. The predicted octanol–water partition coefficient (Wildman–Crippen LogP) is 3.55. The van der Waals surface area contributed by atoms with Crippen molar-refractivity contribution in [2.24, 2.45) is 7.05 Å². The van der Waals surface area contributed by atoms with Gasteiger partial charge in [0.1, 0.15) is 11.6 Å². The van der Waals surface area contributed by atoms with Crippen molar-refractivity contribution in [3.63, 3.8) is 0 Å². The Bertz CT molecular complexity index is 1180. The zero-order valence-corrected chi connectivity index (χ0v) is 19.4. The van der Waals surface area contributed by atoms with Gasteiger partial charge in [0, 0.05) is 49.9 Å². The number of hydrogen-bond acceptors (Lipinski definition) is 6. The Labute approximate surface area is 194 Å². The van der Waals surface area contributed by atoms with Crippen molar-refractivity contribution in [2.45, 2.75) is 26.3 Å². The van der Waals surface area contributed by atoms with Gasteiger partial charge in [-0.05, 0) is 49.8 Å². The zero-order chi connectivity index (χ0) is 23.4. The normalized spacial score (nSPS) is 16.5. The molecule has 0 spiro atoms. The number of aryl methyl sites for hydroxylation is 1. The Morgan fingerprint density at radius 1 is 1.24 bits per heavy atom. The Hall–Kier alpha value is -3.68. The second-order valence-corrected chi connectivity index (χ2v) is 8.04. The third-order valence-electron chi connectivity index (χ3n) is 5.84. The highest BCUT2D eigenvalue weighted by Crippen LogP contribution is 2.30. The predicted molar refractivity (Wildman–Crippen MR) is 131 cm³/mol. The van der Waals surface area contributed by atoms with Crippen LogP contribution in [-0.2, 0) is 11.8 Å². The maximum Gasteiger partial charge on any atom is 0.246 e. The lowest BCUT2D eigenvalue weighted by atomic mass is 10.1. The summed E-state index contributed by atoms with van der Waals surface area (Å²) < 4.78 is 7.50. The molecule has 4 rings (SSSR count). The molecule has 33 heavy (non-hydrogen) atoms. The van der Waals surface area contributed by atoms with E-state index in [9.17, 15) is 4.79 Å². The van der Waals surface area contributed by atoms with Crippen molar-refractivity contribution >= 4 is 34.8 Å². The molecule has 3 heterocycles. The van der Waals surface area contributed by atoms with Crippen LogP contribution in [0.15, 0.2) is 43.2 Å². The SMILES string of the molecule is C=CC(=O)N1CCN(c2nc(/C=C/c3cnn(C)c3)nc3ccc(OCC)cc23)C[C@@H]1CC. The van der Waals surface area contributed by atoms with Gasteiger partial charge >= 0.3 is 0 Å². The van der Waals surface area contributed by atoms with E-state index >= 15 is 0 Å². The van der Waals surface area contributed by atoms with Gasteiger partial charge in [-0.3, -0.25) is 9.48 Å². The maximum atomic E-state index is 12.3. The number of benzene rings is 1. The first-order valence-corrected chi connectivity index (χ1v) is 11.3. The highest BCUT2D eigenvalue weighted by atomic mass is 16.5. The Balaban J connectivity index is 1.73. The lowest BCUT2D eigenvalue weighted by molar-refractivity contribution is -0.128. The molecule has 8 nitrogen and oxygen atoms in total. The Morgan fingerprint density at radius 3 is 2.79 bits per heavy atom. The zero-order valence-electron chi connectivity index (χ0n) is 19.4. The standard InChI is InChI=1S/C25H30N6O2/c1-5-19-17-30(12-13-31(19)24(32)6-2)25-21-14-20(33-7-3)9-10-22(21)27-23(28-25)11-8-18-15-26-29(4)16-18/h6,8-11,14-16,19H,2,5,7,12-13,17H2,1,3-4H3/b11-8+/t19-/m0/s1. The van der Waals surface area contributed by atoms with Crippen LogP contribution in [0.5, 0.6) is 5.75 Å². The molecule has 2 aromatic heterocycles. The summed E-state index contributed by atoms with van der Waals surface area (Å²) in [5.74, 6) is 2.26. The average molecular weight is 447 g/mol. The van der Waals surface area contributed by atoms with Crippen molar-refractivity contribution < 1.29 is 9.53 Å². The minimum Gasteiger partial charge on any atom is -0.494 e. The number of fused-ring (bicyclic) bond motifs is 1. The van der Waals surface area contributed by atoms with Gasteiger partial charge in [-0.2, -0.15) is 5.10 Å². The Morgan fingerprint density at radius 2 is 2.09 bits per heavy atom. The summed E-state index contributed by atoms with van der Waals surface area (Å²) in [6.07, 6.45) is 9.86. The quantitative estimate of drug-likeness (QED) is 0.517. The molecular weight excluding hydrogens is 416 g/mol. The smallest absolute Gasteiger partial charge is 0.246 e. The van der Waals surface area contributed by atoms with Gasteiger partial charge in [-0.25, -0.2) is 9.97 Å². The minimum atomic E-state index is -0.0206. The number of carbonyl (C=O) groups is 1. The third-order valence-corrected chi connectivity index (χ3v) is 5.84. The van der Waals surface area contributed by atoms with Crippen LogP contribution in [0, 0.1) is 0 Å². The lowest BCUT2D eigenvalue weighted by Gasteiger charge is -2.41. The van der Waals surface area contributed by atoms with Crippen LogP contribution in [0.4, 0.5) is 5.82 Å². The maximum absolute atomic E-state index is 12.3. The van der Waals surface area contributed by atoms with Gasteiger partial charge in [0.05, 0.1) is 18.3 Å². The van der Waals surface area contributed by atoms with Crippen molar-refractivity contribution in [3.05, 3.63) is 54.6 Å². The molecule has 0 radical (unpaired) electrons. The molecule has 0 bridgehead atoms. The number of anilines is 1. The summed E-state index contributed by atoms with van der Waals surface area (Å²) in [4.78, 5) is 26.2. The van der Waals surface area contributed by atoms with Gasteiger partial charge in [0.15, 0.2) is 5.82 Å². The number of hydrogen-bond donors (Lipinski definition) is 0. The Kier molecular flexibility index (Phi) is 6.72. The summed E-state index contributed by atoms with van der Waals surface area (Å²) in [5.41, 5.74) is 1.84. The van der Waals surface area contributed by atoms with E-state index in [-0.39, 0.29) is 11.9 Å². The molecule has 1 amide bonds. The molecule has 0 N–H and O–H groups in total. The third kappa shape index (κ3) is 4.89. The summed E-state index contributed by atoms with van der Waals surface area (Å²) in [7, 11) is 1.89. The number of rotatable bonds is 7. The van der Waals surface area contributed by atoms with Gasteiger partial charge in [0.25, 0.3) is 0 Å². The van der Waals surface area contributed by atoms with Gasteiger partial charge in [-0.15, -0.1) is 0 Å². The first-order valence-electron chi connectivity index (χ1n) is 11.3. The van der Waals surface area contributed by atoms with Crippen LogP contribution >= 0.6 is 0 Å². The van der Waals surface area contributed by atoms with Crippen LogP contribution in [-0.4, -0.2) is 62.8 Å². The number of carbonyl (C=O) groups excluding carboxylic acids is 1. The molecule has 1 atom stereocenters. The first kappa shape index (κ1) is 22.5. The van der Waals surface area contributed by atoms with E-state index in [4.69, 9.17) is 14.7 Å². The van der Waals surface area contributed by atoms with Crippen molar-refractivity contribution in [1.82, 2.24) is 24.6 Å². The largest absolute Gasteiger partial charge is 0.494 e. The molecule has 8 heteroatoms. The molecule has 1 fully saturated rings. The molecule has 1 aliphatic rings. The monoisotopic (exact) mass is 446 g/mol. The van der Waals surface area contributed by atoms with E-state index in [1.807, 2.05) is 55.4 Å². The van der Waals surface area contributed by atoms with Crippen molar-refractivity contribution in [3.8, 4) is 5.75 Å². The molecule has 0 unspecified atom stereocenters. The van der Waals surface area contributed by atoms with Crippen LogP contribution in [0.25, 0.3) is 23.1 Å². The second kappa shape index (κ2) is 9.85. The van der Waals surface area contributed by atoms with Gasteiger partial charge in [-0.1, -0.05) is 13.5 Å². The summed E-state index contributed by atoms with van der Waals surface area (Å²) in [5, 5.41) is 5.15. The molecule has 3 aromatic rings. The fraction of sp³-hybridized carbons (Fsp3) is 0.360. The van der Waals surface area contributed by atoms with E-state index in [1.165, 1.54) is 6.08 Å². The summed E-state index contributed by atoms with van der Waals surface area (Å²) in [6.45, 7) is 10.3. The summed E-state index contributed by atoms with van der Waals surface area (Å²) in [6, 6.07) is 6.01. The average Bonchev–Trinajstić information content (AvgIpc) is 3.26.